The number of hydrogen-bond acceptors (Lipinski definition) is 4. The molecule has 0 heterocycles. The standard InChI is InChI=1S/C16H34N2O2/c1-14(2)20-12-11-18(4)10-6-5-9-16(3,13-19)17-15-7-8-15/h14-15,17,19H,5-13H2,1-4H3. The zero-order chi connectivity index (χ0) is 15.0. The molecule has 4 heteroatoms. The average Bonchev–Trinajstić information content (AvgIpc) is 3.18. The minimum Gasteiger partial charge on any atom is -0.394 e. The molecule has 1 atom stereocenters. The van der Waals surface area contributed by atoms with Gasteiger partial charge in [-0.15, -0.1) is 0 Å². The zero-order valence-electron chi connectivity index (χ0n) is 13.8. The molecule has 0 amide bonds. The summed E-state index contributed by atoms with van der Waals surface area (Å²) in [5.74, 6) is 0. The second kappa shape index (κ2) is 8.98. The van der Waals surface area contributed by atoms with Crippen LogP contribution in [0.1, 0.15) is 52.9 Å². The molecular weight excluding hydrogens is 252 g/mol. The fourth-order valence-corrected chi connectivity index (χ4v) is 2.37. The molecule has 0 aromatic heterocycles. The Morgan fingerprint density at radius 1 is 1.30 bits per heavy atom. The number of rotatable bonds is 12. The van der Waals surface area contributed by atoms with Crippen molar-refractivity contribution in [1.82, 2.24) is 10.2 Å². The third kappa shape index (κ3) is 8.20. The quantitative estimate of drug-likeness (QED) is 0.539. The third-order valence-electron chi connectivity index (χ3n) is 3.92. The van der Waals surface area contributed by atoms with E-state index in [0.717, 1.165) is 32.5 Å². The van der Waals surface area contributed by atoms with Gasteiger partial charge in [0.15, 0.2) is 0 Å². The Morgan fingerprint density at radius 2 is 2.00 bits per heavy atom. The van der Waals surface area contributed by atoms with Gasteiger partial charge in [-0.25, -0.2) is 0 Å². The first-order valence-electron chi connectivity index (χ1n) is 8.14. The normalized spacial score (nSPS) is 18.8. The topological polar surface area (TPSA) is 44.7 Å². The Balaban J connectivity index is 2.04. The van der Waals surface area contributed by atoms with Gasteiger partial charge in [-0.1, -0.05) is 6.42 Å². The highest BCUT2D eigenvalue weighted by atomic mass is 16.5. The van der Waals surface area contributed by atoms with E-state index in [4.69, 9.17) is 4.74 Å². The van der Waals surface area contributed by atoms with Crippen molar-refractivity contribution in [2.75, 3.05) is 33.4 Å². The minimum atomic E-state index is -0.0828. The van der Waals surface area contributed by atoms with Gasteiger partial charge in [0.2, 0.25) is 0 Å². The Bertz CT molecular complexity index is 257. The van der Waals surface area contributed by atoms with Crippen LogP contribution in [0.4, 0.5) is 0 Å². The lowest BCUT2D eigenvalue weighted by Crippen LogP contribution is -2.47. The van der Waals surface area contributed by atoms with Crippen LogP contribution in [-0.2, 0) is 4.74 Å². The average molecular weight is 286 g/mol. The van der Waals surface area contributed by atoms with Crippen molar-refractivity contribution >= 4 is 0 Å². The predicted octanol–water partition coefficient (Wildman–Crippen LogP) is 2.02. The van der Waals surface area contributed by atoms with E-state index in [0.29, 0.717) is 12.1 Å². The van der Waals surface area contributed by atoms with Gasteiger partial charge in [-0.3, -0.25) is 0 Å². The summed E-state index contributed by atoms with van der Waals surface area (Å²) in [5.41, 5.74) is -0.0828. The van der Waals surface area contributed by atoms with E-state index in [1.807, 2.05) is 0 Å². The summed E-state index contributed by atoms with van der Waals surface area (Å²) in [6.07, 6.45) is 6.26. The largest absolute Gasteiger partial charge is 0.394 e. The van der Waals surface area contributed by atoms with Crippen molar-refractivity contribution in [3.63, 3.8) is 0 Å². The van der Waals surface area contributed by atoms with Crippen LogP contribution in [0.2, 0.25) is 0 Å². The third-order valence-corrected chi connectivity index (χ3v) is 3.92. The SMILES string of the molecule is CC(C)OCCN(C)CCCCC(C)(CO)NC1CC1. The molecule has 0 aromatic carbocycles. The van der Waals surface area contributed by atoms with Gasteiger partial charge in [0.05, 0.1) is 19.3 Å². The Labute approximate surface area is 124 Å². The highest BCUT2D eigenvalue weighted by Crippen LogP contribution is 2.24. The molecule has 20 heavy (non-hydrogen) atoms. The van der Waals surface area contributed by atoms with Gasteiger partial charge < -0.3 is 20.1 Å². The maximum absolute atomic E-state index is 9.55. The van der Waals surface area contributed by atoms with Crippen molar-refractivity contribution < 1.29 is 9.84 Å². The fourth-order valence-electron chi connectivity index (χ4n) is 2.37. The van der Waals surface area contributed by atoms with Crippen molar-refractivity contribution in [1.29, 1.82) is 0 Å². The Kier molecular flexibility index (Phi) is 8.03. The number of nitrogens with one attached hydrogen (secondary N) is 1. The predicted molar refractivity (Wildman–Crippen MR) is 84.1 cm³/mol. The lowest BCUT2D eigenvalue weighted by atomic mass is 9.95. The van der Waals surface area contributed by atoms with E-state index in [-0.39, 0.29) is 12.1 Å². The molecule has 0 saturated heterocycles. The highest BCUT2D eigenvalue weighted by molar-refractivity contribution is 4.92. The Morgan fingerprint density at radius 3 is 2.55 bits per heavy atom. The van der Waals surface area contributed by atoms with Crippen LogP contribution in [0.3, 0.4) is 0 Å². The van der Waals surface area contributed by atoms with Crippen LogP contribution in [0.15, 0.2) is 0 Å². The summed E-state index contributed by atoms with van der Waals surface area (Å²) >= 11 is 0. The molecule has 1 unspecified atom stereocenters. The number of unbranched alkanes of at least 4 members (excludes halogenated alkanes) is 1. The molecule has 0 aromatic rings. The molecule has 1 rings (SSSR count). The molecular formula is C16H34N2O2. The minimum absolute atomic E-state index is 0.0828. The van der Waals surface area contributed by atoms with E-state index < -0.39 is 0 Å². The van der Waals surface area contributed by atoms with E-state index in [1.165, 1.54) is 19.3 Å². The number of nitrogens with zero attached hydrogens (tertiary/aromatic N) is 1. The molecule has 1 saturated carbocycles. The second-order valence-electron chi connectivity index (χ2n) is 6.82. The van der Waals surface area contributed by atoms with Gasteiger partial charge in [0.25, 0.3) is 0 Å². The first-order chi connectivity index (χ1) is 9.45. The number of aliphatic hydroxyl groups is 1. The fraction of sp³-hybridized carbons (Fsp3) is 1.00. The van der Waals surface area contributed by atoms with Gasteiger partial charge in [0.1, 0.15) is 0 Å². The van der Waals surface area contributed by atoms with Gasteiger partial charge in [-0.2, -0.15) is 0 Å². The summed E-state index contributed by atoms with van der Waals surface area (Å²) in [6.45, 7) is 9.44. The lowest BCUT2D eigenvalue weighted by molar-refractivity contribution is 0.0634. The van der Waals surface area contributed by atoms with Crippen molar-refractivity contribution in [3.8, 4) is 0 Å². The summed E-state index contributed by atoms with van der Waals surface area (Å²) < 4.78 is 5.56. The van der Waals surface area contributed by atoms with E-state index in [1.54, 1.807) is 0 Å². The van der Waals surface area contributed by atoms with Crippen LogP contribution in [0, 0.1) is 0 Å². The van der Waals surface area contributed by atoms with Crippen LogP contribution in [-0.4, -0.2) is 61.0 Å². The van der Waals surface area contributed by atoms with Gasteiger partial charge >= 0.3 is 0 Å². The monoisotopic (exact) mass is 286 g/mol. The van der Waals surface area contributed by atoms with E-state index in [9.17, 15) is 5.11 Å². The summed E-state index contributed by atoms with van der Waals surface area (Å²) in [5, 5.41) is 13.1. The Hall–Kier alpha value is -0.160. The van der Waals surface area contributed by atoms with Crippen LogP contribution in [0.5, 0.6) is 0 Å². The highest BCUT2D eigenvalue weighted by Gasteiger charge is 2.31. The summed E-state index contributed by atoms with van der Waals surface area (Å²) in [6, 6.07) is 0.656. The molecule has 1 fully saturated rings. The first kappa shape index (κ1) is 17.9. The van der Waals surface area contributed by atoms with Crippen LogP contribution >= 0.6 is 0 Å². The maximum Gasteiger partial charge on any atom is 0.0610 e. The molecule has 0 bridgehead atoms. The molecule has 2 N–H and O–H groups in total. The zero-order valence-corrected chi connectivity index (χ0v) is 13.8. The maximum atomic E-state index is 9.55. The molecule has 0 aliphatic heterocycles. The van der Waals surface area contributed by atoms with Crippen molar-refractivity contribution in [2.24, 2.45) is 0 Å². The summed E-state index contributed by atoms with van der Waals surface area (Å²) in [7, 11) is 2.15. The number of ether oxygens (including phenoxy) is 1. The smallest absolute Gasteiger partial charge is 0.0610 e. The molecule has 0 spiro atoms. The molecule has 120 valence electrons. The van der Waals surface area contributed by atoms with Crippen LogP contribution in [0.25, 0.3) is 0 Å². The van der Waals surface area contributed by atoms with Crippen molar-refractivity contribution in [3.05, 3.63) is 0 Å². The molecule has 1 aliphatic carbocycles. The van der Waals surface area contributed by atoms with Gasteiger partial charge in [0, 0.05) is 18.1 Å². The lowest BCUT2D eigenvalue weighted by Gasteiger charge is -2.29. The molecule has 0 radical (unpaired) electrons. The summed E-state index contributed by atoms with van der Waals surface area (Å²) in [4.78, 5) is 2.33. The van der Waals surface area contributed by atoms with Gasteiger partial charge in [-0.05, 0) is 60.0 Å². The number of likely N-dealkylation sites (N-methyl/N-ethyl adjacent to an activating group) is 1. The molecule has 1 aliphatic rings. The van der Waals surface area contributed by atoms with Crippen molar-refractivity contribution in [2.45, 2.75) is 70.6 Å². The number of hydrogen-bond donors (Lipinski definition) is 2. The van der Waals surface area contributed by atoms with Crippen LogP contribution < -0.4 is 5.32 Å². The van der Waals surface area contributed by atoms with E-state index >= 15 is 0 Å². The number of aliphatic hydroxyl groups excluding tert-OH is 1. The molecule has 4 nitrogen and oxygen atoms in total. The van der Waals surface area contributed by atoms with E-state index in [2.05, 4.69) is 38.0 Å². The second-order valence-corrected chi connectivity index (χ2v) is 6.82. The first-order valence-corrected chi connectivity index (χ1v) is 8.14.